The van der Waals surface area contributed by atoms with Crippen LogP contribution in [-0.4, -0.2) is 26.3 Å². The number of aliphatic carboxylic acids is 1. The molecule has 0 atom stereocenters. The van der Waals surface area contributed by atoms with Crippen molar-refractivity contribution >= 4 is 23.8 Å². The van der Waals surface area contributed by atoms with Crippen molar-refractivity contribution in [3.63, 3.8) is 0 Å². The van der Waals surface area contributed by atoms with Gasteiger partial charge in [-0.25, -0.2) is 14.2 Å². The van der Waals surface area contributed by atoms with Crippen LogP contribution in [0.2, 0.25) is 0 Å². The maximum Gasteiger partial charge on any atom is 0.342 e. The third-order valence-corrected chi connectivity index (χ3v) is 4.41. The van der Waals surface area contributed by atoms with Crippen molar-refractivity contribution in [1.29, 1.82) is 0 Å². The van der Waals surface area contributed by atoms with E-state index in [1.807, 2.05) is 0 Å². The fourth-order valence-corrected chi connectivity index (χ4v) is 2.99. The fourth-order valence-electron chi connectivity index (χ4n) is 2.24. The van der Waals surface area contributed by atoms with Crippen LogP contribution in [-0.2, 0) is 11.4 Å². The average molecular weight is 385 g/mol. The van der Waals surface area contributed by atoms with Gasteiger partial charge in [-0.15, -0.1) is 5.10 Å². The van der Waals surface area contributed by atoms with Crippen LogP contribution >= 0.6 is 11.8 Å². The number of hydrogen-bond donors (Lipinski definition) is 2. The van der Waals surface area contributed by atoms with Crippen LogP contribution in [0.1, 0.15) is 17.0 Å². The van der Waals surface area contributed by atoms with E-state index in [1.54, 1.807) is 49.4 Å². The number of rotatable bonds is 7. The summed E-state index contributed by atoms with van der Waals surface area (Å²) >= 11 is 0.931. The molecule has 0 aliphatic carbocycles. The molecule has 0 spiro atoms. The average Bonchev–Trinajstić information content (AvgIpc) is 3.06. The lowest BCUT2D eigenvalue weighted by molar-refractivity contribution is -0.131. The molecule has 27 heavy (non-hydrogen) atoms. The molecule has 0 radical (unpaired) electrons. The summed E-state index contributed by atoms with van der Waals surface area (Å²) in [4.78, 5) is 15.7. The first-order valence-corrected chi connectivity index (χ1v) is 8.81. The van der Waals surface area contributed by atoms with Crippen LogP contribution in [0.3, 0.4) is 0 Å². The standard InChI is InChI=1S/C19H16FN3O3S/c1-12-21-19(23-22-12)27-17(18(24)25)10-13-6-3-5-9-16(13)26-11-14-7-2-4-8-15(14)20/h2-10H,11H2,1H3,(H,24,25)(H,21,22,23). The molecule has 0 aliphatic heterocycles. The molecule has 2 aromatic carbocycles. The third kappa shape index (κ3) is 4.95. The van der Waals surface area contributed by atoms with Crippen LogP contribution in [0.5, 0.6) is 5.75 Å². The fraction of sp³-hybridized carbons (Fsp3) is 0.105. The summed E-state index contributed by atoms with van der Waals surface area (Å²) in [6.07, 6.45) is 1.48. The molecular formula is C19H16FN3O3S. The highest BCUT2D eigenvalue weighted by molar-refractivity contribution is 8.04. The summed E-state index contributed by atoms with van der Waals surface area (Å²) in [5.74, 6) is -0.416. The second-order valence-electron chi connectivity index (χ2n) is 5.54. The van der Waals surface area contributed by atoms with Crippen LogP contribution in [0, 0.1) is 12.7 Å². The van der Waals surface area contributed by atoms with Crippen molar-refractivity contribution < 1.29 is 19.0 Å². The van der Waals surface area contributed by atoms with Crippen LogP contribution in [0.4, 0.5) is 4.39 Å². The van der Waals surface area contributed by atoms with Gasteiger partial charge in [-0.1, -0.05) is 36.4 Å². The molecule has 1 aromatic heterocycles. The molecule has 138 valence electrons. The predicted octanol–water partition coefficient (Wildman–Crippen LogP) is 4.05. The number of nitrogens with one attached hydrogen (secondary N) is 1. The molecule has 6 nitrogen and oxygen atoms in total. The maximum absolute atomic E-state index is 13.8. The van der Waals surface area contributed by atoms with Gasteiger partial charge >= 0.3 is 5.97 Å². The summed E-state index contributed by atoms with van der Waals surface area (Å²) in [5.41, 5.74) is 0.978. The molecule has 2 N–H and O–H groups in total. The van der Waals surface area contributed by atoms with Gasteiger partial charge in [-0.3, -0.25) is 5.10 Å². The molecule has 3 aromatic rings. The summed E-state index contributed by atoms with van der Waals surface area (Å²) in [6, 6.07) is 13.3. The number of aromatic amines is 1. The number of carboxylic acids is 1. The van der Waals surface area contributed by atoms with E-state index >= 15 is 0 Å². The zero-order chi connectivity index (χ0) is 19.2. The number of aryl methyl sites for hydroxylation is 1. The third-order valence-electron chi connectivity index (χ3n) is 3.54. The van der Waals surface area contributed by atoms with Gasteiger partial charge in [0.05, 0.1) is 0 Å². The Kier molecular flexibility index (Phi) is 5.87. The molecule has 1 heterocycles. The normalized spacial score (nSPS) is 11.4. The van der Waals surface area contributed by atoms with E-state index < -0.39 is 5.97 Å². The molecule has 0 bridgehead atoms. The number of halogens is 1. The van der Waals surface area contributed by atoms with Gasteiger partial charge in [-0.2, -0.15) is 0 Å². The van der Waals surface area contributed by atoms with Gasteiger partial charge in [-0.05, 0) is 36.9 Å². The topological polar surface area (TPSA) is 88.1 Å². The lowest BCUT2D eigenvalue weighted by Gasteiger charge is -2.10. The number of hydrogen-bond acceptors (Lipinski definition) is 5. The van der Waals surface area contributed by atoms with Crippen molar-refractivity contribution in [3.8, 4) is 5.75 Å². The van der Waals surface area contributed by atoms with Crippen molar-refractivity contribution in [1.82, 2.24) is 15.2 Å². The van der Waals surface area contributed by atoms with Crippen molar-refractivity contribution in [2.45, 2.75) is 18.7 Å². The molecule has 0 amide bonds. The number of thioether (sulfide) groups is 1. The number of carboxylic acid groups (broad SMARTS) is 1. The predicted molar refractivity (Wildman–Crippen MR) is 99.8 cm³/mol. The highest BCUT2D eigenvalue weighted by Gasteiger charge is 2.14. The highest BCUT2D eigenvalue weighted by Crippen LogP contribution is 2.29. The molecule has 0 fully saturated rings. The first-order valence-electron chi connectivity index (χ1n) is 8.00. The highest BCUT2D eigenvalue weighted by atomic mass is 32.2. The van der Waals surface area contributed by atoms with Gasteiger partial charge in [0, 0.05) is 11.1 Å². The number of para-hydroxylation sites is 1. The number of ether oxygens (including phenoxy) is 1. The van der Waals surface area contributed by atoms with Gasteiger partial charge in [0.1, 0.15) is 28.9 Å². The van der Waals surface area contributed by atoms with Gasteiger partial charge in [0.25, 0.3) is 0 Å². The van der Waals surface area contributed by atoms with Gasteiger partial charge < -0.3 is 9.84 Å². The molecule has 0 aliphatic rings. The molecule has 0 saturated carbocycles. The SMILES string of the molecule is Cc1nc(SC(=Cc2ccccc2OCc2ccccc2F)C(=O)O)n[nH]1. The van der Waals surface area contributed by atoms with Crippen molar-refractivity contribution in [3.05, 3.63) is 76.2 Å². The van der Waals surface area contributed by atoms with Crippen LogP contribution in [0.25, 0.3) is 6.08 Å². The summed E-state index contributed by atoms with van der Waals surface area (Å²) < 4.78 is 19.5. The Hall–Kier alpha value is -3.13. The monoisotopic (exact) mass is 385 g/mol. The zero-order valence-corrected chi connectivity index (χ0v) is 15.2. The minimum Gasteiger partial charge on any atom is -0.488 e. The van der Waals surface area contributed by atoms with Crippen LogP contribution < -0.4 is 4.74 Å². The first kappa shape index (κ1) is 18.7. The number of H-pyrrole nitrogens is 1. The van der Waals surface area contributed by atoms with Crippen LogP contribution in [0.15, 0.2) is 58.6 Å². The van der Waals surface area contributed by atoms with E-state index in [0.29, 0.717) is 27.9 Å². The van der Waals surface area contributed by atoms with Gasteiger partial charge in [0.2, 0.25) is 5.16 Å². The van der Waals surface area contributed by atoms with E-state index in [2.05, 4.69) is 15.2 Å². The van der Waals surface area contributed by atoms with E-state index in [-0.39, 0.29) is 17.3 Å². The number of benzene rings is 2. The first-order chi connectivity index (χ1) is 13.0. The summed E-state index contributed by atoms with van der Waals surface area (Å²) in [6.45, 7) is 1.76. The second kappa shape index (κ2) is 8.50. The largest absolute Gasteiger partial charge is 0.488 e. The second-order valence-corrected chi connectivity index (χ2v) is 6.55. The smallest absolute Gasteiger partial charge is 0.342 e. The Balaban J connectivity index is 1.83. The Morgan fingerprint density at radius 2 is 2.00 bits per heavy atom. The Labute approximate surface area is 159 Å². The van der Waals surface area contributed by atoms with E-state index in [1.165, 1.54) is 12.1 Å². The Morgan fingerprint density at radius 3 is 2.70 bits per heavy atom. The van der Waals surface area contributed by atoms with Crippen molar-refractivity contribution in [2.24, 2.45) is 0 Å². The number of aromatic nitrogens is 3. The zero-order valence-electron chi connectivity index (χ0n) is 14.3. The maximum atomic E-state index is 13.8. The Morgan fingerprint density at radius 1 is 1.26 bits per heavy atom. The Bertz CT molecular complexity index is 988. The van der Waals surface area contributed by atoms with E-state index in [4.69, 9.17) is 4.74 Å². The quantitative estimate of drug-likeness (QED) is 0.471. The van der Waals surface area contributed by atoms with Gasteiger partial charge in [0.15, 0.2) is 0 Å². The molecule has 0 unspecified atom stereocenters. The lowest BCUT2D eigenvalue weighted by atomic mass is 10.2. The van der Waals surface area contributed by atoms with E-state index in [9.17, 15) is 14.3 Å². The molecule has 8 heteroatoms. The molecular weight excluding hydrogens is 369 g/mol. The molecule has 0 saturated heterocycles. The minimum absolute atomic E-state index is 0.0349. The minimum atomic E-state index is -1.11. The molecule has 3 rings (SSSR count). The lowest BCUT2D eigenvalue weighted by Crippen LogP contribution is -2.01. The van der Waals surface area contributed by atoms with Crippen molar-refractivity contribution in [2.75, 3.05) is 0 Å². The number of nitrogens with zero attached hydrogens (tertiary/aromatic N) is 2. The summed E-state index contributed by atoms with van der Waals surface area (Å²) in [5, 5.41) is 16.4. The van der Waals surface area contributed by atoms with E-state index in [0.717, 1.165) is 11.8 Å². The summed E-state index contributed by atoms with van der Waals surface area (Å²) in [7, 11) is 0. The number of carbonyl (C=O) groups is 1.